The lowest BCUT2D eigenvalue weighted by Gasteiger charge is -2.05. The lowest BCUT2D eigenvalue weighted by Crippen LogP contribution is -1.97. The van der Waals surface area contributed by atoms with Gasteiger partial charge in [0, 0.05) is 33.2 Å². The third kappa shape index (κ3) is 1.70. The minimum atomic E-state index is 0.0338. The fourth-order valence-electron chi connectivity index (χ4n) is 2.02. The summed E-state index contributed by atoms with van der Waals surface area (Å²) in [5.74, 6) is 0.0338. The van der Waals surface area contributed by atoms with Gasteiger partial charge in [0.2, 0.25) is 0 Å². The lowest BCUT2D eigenvalue weighted by molar-refractivity contribution is 0.104. The number of hydrogen-bond donors (Lipinski definition) is 0. The zero-order valence-corrected chi connectivity index (χ0v) is 12.1. The van der Waals surface area contributed by atoms with Gasteiger partial charge in [-0.2, -0.15) is 5.26 Å². The number of ketones is 1. The minimum Gasteiger partial charge on any atom is -0.289 e. The van der Waals surface area contributed by atoms with Gasteiger partial charge >= 0.3 is 0 Å². The molecule has 0 aliphatic heterocycles. The molecule has 2 rings (SSSR count). The number of allylic oxidation sites excluding steroid dienone is 4. The van der Waals surface area contributed by atoms with E-state index in [1.807, 2.05) is 19.2 Å². The standard InChI is InChI=1S/C13H10BrNOS/c1-6(2)9-10(7(3)4-15)11-8(12(9)16)5-17-13(11)14/h5H,1-3H3/b10-7-. The quantitative estimate of drug-likeness (QED) is 0.528. The van der Waals surface area contributed by atoms with Crippen LogP contribution in [0.4, 0.5) is 0 Å². The number of halogens is 1. The SMILES string of the molecule is CC(C)=C1C(=O)c2csc(Br)c2/C1=C(/C)C#N. The van der Waals surface area contributed by atoms with Crippen LogP contribution in [-0.4, -0.2) is 5.78 Å². The Kier molecular flexibility index (Phi) is 3.07. The molecule has 2 nitrogen and oxygen atoms in total. The smallest absolute Gasteiger partial charge is 0.195 e. The molecule has 1 aromatic rings. The van der Waals surface area contributed by atoms with Crippen LogP contribution in [0.1, 0.15) is 36.7 Å². The van der Waals surface area contributed by atoms with Crippen LogP contribution in [0.25, 0.3) is 5.57 Å². The molecular weight excluding hydrogens is 298 g/mol. The van der Waals surface area contributed by atoms with Crippen molar-refractivity contribution < 1.29 is 4.79 Å². The monoisotopic (exact) mass is 307 g/mol. The van der Waals surface area contributed by atoms with Crippen molar-refractivity contribution >= 4 is 38.6 Å². The molecule has 4 heteroatoms. The second-order valence-electron chi connectivity index (χ2n) is 4.11. The van der Waals surface area contributed by atoms with Crippen LogP contribution >= 0.6 is 27.3 Å². The van der Waals surface area contributed by atoms with Crippen molar-refractivity contribution in [1.82, 2.24) is 0 Å². The Morgan fingerprint density at radius 3 is 2.53 bits per heavy atom. The van der Waals surface area contributed by atoms with Crippen molar-refractivity contribution in [2.75, 3.05) is 0 Å². The summed E-state index contributed by atoms with van der Waals surface area (Å²) in [4.78, 5) is 12.3. The maximum absolute atomic E-state index is 12.3. The second-order valence-corrected chi connectivity index (χ2v) is 6.31. The second kappa shape index (κ2) is 4.25. The van der Waals surface area contributed by atoms with Crippen molar-refractivity contribution in [1.29, 1.82) is 5.26 Å². The van der Waals surface area contributed by atoms with E-state index >= 15 is 0 Å². The number of thiophene rings is 1. The van der Waals surface area contributed by atoms with Crippen LogP contribution in [0.5, 0.6) is 0 Å². The Balaban J connectivity index is 2.88. The van der Waals surface area contributed by atoms with Gasteiger partial charge in [0.25, 0.3) is 0 Å². The molecule has 86 valence electrons. The highest BCUT2D eigenvalue weighted by Gasteiger charge is 2.34. The number of nitrogens with zero attached hydrogens (tertiary/aromatic N) is 1. The zero-order chi connectivity index (χ0) is 12.7. The molecule has 0 radical (unpaired) electrons. The Hall–Kier alpha value is -1.18. The van der Waals surface area contributed by atoms with E-state index < -0.39 is 0 Å². The molecule has 0 fully saturated rings. The average molecular weight is 308 g/mol. The first kappa shape index (κ1) is 12.3. The molecule has 17 heavy (non-hydrogen) atoms. The van der Waals surface area contributed by atoms with Crippen molar-refractivity contribution in [3.05, 3.63) is 37.0 Å². The normalized spacial score (nSPS) is 16.9. The predicted octanol–water partition coefficient (Wildman–Crippen LogP) is 4.34. The van der Waals surface area contributed by atoms with Crippen LogP contribution in [0.2, 0.25) is 0 Å². The minimum absolute atomic E-state index is 0.0338. The van der Waals surface area contributed by atoms with E-state index in [4.69, 9.17) is 5.26 Å². The molecule has 1 aliphatic carbocycles. The average Bonchev–Trinajstić information content (AvgIpc) is 2.78. The Morgan fingerprint density at radius 1 is 1.35 bits per heavy atom. The van der Waals surface area contributed by atoms with Gasteiger partial charge in [-0.1, -0.05) is 5.57 Å². The first-order chi connectivity index (χ1) is 7.99. The molecule has 0 spiro atoms. The van der Waals surface area contributed by atoms with Crippen LogP contribution in [0.15, 0.2) is 25.9 Å². The number of carbonyl (C=O) groups is 1. The molecule has 0 N–H and O–H groups in total. The number of carbonyl (C=O) groups excluding carboxylic acids is 1. The number of Topliss-reactive ketones (excluding diaryl/α,β-unsaturated/α-hetero) is 1. The summed E-state index contributed by atoms with van der Waals surface area (Å²) in [6.07, 6.45) is 0. The van der Waals surface area contributed by atoms with E-state index in [1.165, 1.54) is 11.3 Å². The topological polar surface area (TPSA) is 40.9 Å². The molecule has 0 atom stereocenters. The molecular formula is C13H10BrNOS. The maximum Gasteiger partial charge on any atom is 0.195 e. The highest BCUT2D eigenvalue weighted by Crippen LogP contribution is 2.46. The summed E-state index contributed by atoms with van der Waals surface area (Å²) in [6, 6.07) is 2.15. The van der Waals surface area contributed by atoms with Crippen LogP contribution < -0.4 is 0 Å². The van der Waals surface area contributed by atoms with Crippen molar-refractivity contribution in [2.45, 2.75) is 20.8 Å². The highest BCUT2D eigenvalue weighted by molar-refractivity contribution is 9.11. The van der Waals surface area contributed by atoms with Crippen LogP contribution in [0, 0.1) is 11.3 Å². The molecule has 1 aliphatic rings. The van der Waals surface area contributed by atoms with Crippen molar-refractivity contribution in [2.24, 2.45) is 0 Å². The van der Waals surface area contributed by atoms with E-state index in [1.54, 1.807) is 6.92 Å². The largest absolute Gasteiger partial charge is 0.289 e. The summed E-state index contributed by atoms with van der Waals surface area (Å²) in [6.45, 7) is 5.56. The summed E-state index contributed by atoms with van der Waals surface area (Å²) < 4.78 is 0.918. The summed E-state index contributed by atoms with van der Waals surface area (Å²) in [5.41, 5.74) is 4.61. The number of nitriles is 1. The van der Waals surface area contributed by atoms with Gasteiger partial charge in [0.05, 0.1) is 9.86 Å². The number of fused-ring (bicyclic) bond motifs is 1. The van der Waals surface area contributed by atoms with Gasteiger partial charge in [-0.3, -0.25) is 4.79 Å². The van der Waals surface area contributed by atoms with Gasteiger partial charge in [-0.05, 0) is 36.7 Å². The molecule has 1 heterocycles. The highest BCUT2D eigenvalue weighted by atomic mass is 79.9. The van der Waals surface area contributed by atoms with Gasteiger partial charge in [0.15, 0.2) is 5.78 Å². The number of hydrogen-bond acceptors (Lipinski definition) is 3. The molecule has 1 aromatic heterocycles. The Morgan fingerprint density at radius 2 is 2.00 bits per heavy atom. The molecule has 0 unspecified atom stereocenters. The molecule has 0 amide bonds. The van der Waals surface area contributed by atoms with E-state index in [2.05, 4.69) is 22.0 Å². The van der Waals surface area contributed by atoms with E-state index in [-0.39, 0.29) is 5.78 Å². The number of rotatable bonds is 0. The fraction of sp³-hybridized carbons (Fsp3) is 0.231. The third-order valence-electron chi connectivity index (χ3n) is 2.76. The first-order valence-corrected chi connectivity index (χ1v) is 6.77. The van der Waals surface area contributed by atoms with Crippen LogP contribution in [-0.2, 0) is 0 Å². The maximum atomic E-state index is 12.3. The van der Waals surface area contributed by atoms with Gasteiger partial charge in [0.1, 0.15) is 0 Å². The van der Waals surface area contributed by atoms with Crippen molar-refractivity contribution in [3.8, 4) is 6.07 Å². The first-order valence-electron chi connectivity index (χ1n) is 5.10. The van der Waals surface area contributed by atoms with E-state index in [0.29, 0.717) is 16.7 Å². The molecule has 0 saturated heterocycles. The summed E-state index contributed by atoms with van der Waals surface area (Å²) in [5, 5.41) is 10.9. The van der Waals surface area contributed by atoms with Gasteiger partial charge in [-0.25, -0.2) is 0 Å². The summed E-state index contributed by atoms with van der Waals surface area (Å²) >= 11 is 4.95. The fourth-order valence-corrected chi connectivity index (χ4v) is 3.48. The molecule has 0 bridgehead atoms. The van der Waals surface area contributed by atoms with Gasteiger partial charge < -0.3 is 0 Å². The van der Waals surface area contributed by atoms with Crippen molar-refractivity contribution in [3.63, 3.8) is 0 Å². The van der Waals surface area contributed by atoms with Gasteiger partial charge in [-0.15, -0.1) is 11.3 Å². The van der Waals surface area contributed by atoms with E-state index in [9.17, 15) is 4.79 Å². The summed E-state index contributed by atoms with van der Waals surface area (Å²) in [7, 11) is 0. The van der Waals surface area contributed by atoms with E-state index in [0.717, 1.165) is 20.5 Å². The van der Waals surface area contributed by atoms with Crippen LogP contribution in [0.3, 0.4) is 0 Å². The molecule has 0 aromatic carbocycles. The Bertz CT molecular complexity index is 624. The predicted molar refractivity (Wildman–Crippen MR) is 72.9 cm³/mol. The third-order valence-corrected chi connectivity index (χ3v) is 4.48. The Labute approximate surface area is 112 Å². The lowest BCUT2D eigenvalue weighted by atomic mass is 9.98. The molecule has 0 saturated carbocycles. The zero-order valence-electron chi connectivity index (χ0n) is 9.72.